The van der Waals surface area contributed by atoms with Gasteiger partial charge in [0.25, 0.3) is 0 Å². The van der Waals surface area contributed by atoms with Crippen LogP contribution < -0.4 is 0 Å². The highest BCUT2D eigenvalue weighted by Crippen LogP contribution is 2.23. The SMILES string of the molecule is CCOC(C)(CC)CCC/C(C)=C/CO. The lowest BCUT2D eigenvalue weighted by Gasteiger charge is -2.28. The minimum atomic E-state index is 0.0360. The maximum absolute atomic E-state index is 8.73. The van der Waals surface area contributed by atoms with E-state index in [1.54, 1.807) is 0 Å². The van der Waals surface area contributed by atoms with Crippen LogP contribution in [-0.2, 0) is 4.74 Å². The summed E-state index contributed by atoms with van der Waals surface area (Å²) in [5, 5.41) is 8.73. The Balaban J connectivity index is 3.86. The van der Waals surface area contributed by atoms with Crippen molar-refractivity contribution in [1.29, 1.82) is 0 Å². The molecule has 90 valence electrons. The van der Waals surface area contributed by atoms with E-state index in [0.717, 1.165) is 32.3 Å². The number of ether oxygens (including phenoxy) is 1. The first kappa shape index (κ1) is 14.7. The number of hydrogen-bond acceptors (Lipinski definition) is 2. The van der Waals surface area contributed by atoms with Gasteiger partial charge in [-0.2, -0.15) is 0 Å². The van der Waals surface area contributed by atoms with Gasteiger partial charge in [0.1, 0.15) is 0 Å². The molecular weight excluding hydrogens is 188 g/mol. The molecule has 15 heavy (non-hydrogen) atoms. The second-order valence-corrected chi connectivity index (χ2v) is 4.32. The lowest BCUT2D eigenvalue weighted by Crippen LogP contribution is -2.27. The second-order valence-electron chi connectivity index (χ2n) is 4.32. The number of aliphatic hydroxyl groups is 1. The third kappa shape index (κ3) is 6.69. The quantitative estimate of drug-likeness (QED) is 0.628. The van der Waals surface area contributed by atoms with Gasteiger partial charge in [0.05, 0.1) is 12.2 Å². The third-order valence-electron chi connectivity index (χ3n) is 2.96. The van der Waals surface area contributed by atoms with Crippen molar-refractivity contribution >= 4 is 0 Å². The summed E-state index contributed by atoms with van der Waals surface area (Å²) in [6, 6.07) is 0. The van der Waals surface area contributed by atoms with Crippen LogP contribution >= 0.6 is 0 Å². The Morgan fingerprint density at radius 2 is 2.07 bits per heavy atom. The molecule has 1 atom stereocenters. The van der Waals surface area contributed by atoms with Gasteiger partial charge < -0.3 is 9.84 Å². The van der Waals surface area contributed by atoms with Crippen LogP contribution in [-0.4, -0.2) is 23.9 Å². The topological polar surface area (TPSA) is 29.5 Å². The van der Waals surface area contributed by atoms with Gasteiger partial charge in [0.2, 0.25) is 0 Å². The van der Waals surface area contributed by atoms with E-state index in [2.05, 4.69) is 20.8 Å². The van der Waals surface area contributed by atoms with Crippen LogP contribution in [0.5, 0.6) is 0 Å². The third-order valence-corrected chi connectivity index (χ3v) is 2.96. The molecular formula is C13H26O2. The van der Waals surface area contributed by atoms with E-state index < -0.39 is 0 Å². The molecule has 0 bridgehead atoms. The first-order valence-corrected chi connectivity index (χ1v) is 5.98. The molecule has 1 N–H and O–H groups in total. The summed E-state index contributed by atoms with van der Waals surface area (Å²) in [7, 11) is 0. The molecule has 1 unspecified atom stereocenters. The predicted octanol–water partition coefficient (Wildman–Crippen LogP) is 3.30. The largest absolute Gasteiger partial charge is 0.392 e. The van der Waals surface area contributed by atoms with Crippen LogP contribution in [0.1, 0.15) is 53.4 Å². The Bertz CT molecular complexity index is 187. The Kier molecular flexibility index (Phi) is 7.71. The average molecular weight is 214 g/mol. The molecule has 0 radical (unpaired) electrons. The Morgan fingerprint density at radius 1 is 1.40 bits per heavy atom. The Hall–Kier alpha value is -0.340. The number of hydrogen-bond donors (Lipinski definition) is 1. The van der Waals surface area contributed by atoms with Crippen LogP contribution in [0.2, 0.25) is 0 Å². The fourth-order valence-electron chi connectivity index (χ4n) is 1.70. The van der Waals surface area contributed by atoms with Gasteiger partial charge in [-0.05, 0) is 46.5 Å². The number of aliphatic hydroxyl groups excluding tert-OH is 1. The average Bonchev–Trinajstić information content (AvgIpc) is 2.18. The maximum atomic E-state index is 8.73. The van der Waals surface area contributed by atoms with Gasteiger partial charge in [0, 0.05) is 6.61 Å². The molecule has 0 spiro atoms. The minimum Gasteiger partial charge on any atom is -0.392 e. The summed E-state index contributed by atoms with van der Waals surface area (Å²) < 4.78 is 5.75. The molecule has 0 aliphatic carbocycles. The molecule has 0 aromatic rings. The molecule has 0 aromatic carbocycles. The molecule has 0 rings (SSSR count). The van der Waals surface area contributed by atoms with Crippen molar-refractivity contribution in [2.45, 2.75) is 59.0 Å². The Labute approximate surface area is 94.3 Å². The molecule has 0 amide bonds. The molecule has 2 nitrogen and oxygen atoms in total. The van der Waals surface area contributed by atoms with E-state index in [9.17, 15) is 0 Å². The van der Waals surface area contributed by atoms with Crippen molar-refractivity contribution in [3.63, 3.8) is 0 Å². The fraction of sp³-hybridized carbons (Fsp3) is 0.846. The number of allylic oxidation sites excluding steroid dienone is 1. The van der Waals surface area contributed by atoms with E-state index in [0.29, 0.717) is 0 Å². The minimum absolute atomic E-state index is 0.0360. The zero-order valence-electron chi connectivity index (χ0n) is 10.7. The van der Waals surface area contributed by atoms with E-state index in [1.807, 2.05) is 13.0 Å². The highest BCUT2D eigenvalue weighted by Gasteiger charge is 2.21. The van der Waals surface area contributed by atoms with Crippen molar-refractivity contribution in [3.8, 4) is 0 Å². The van der Waals surface area contributed by atoms with E-state index in [4.69, 9.17) is 9.84 Å². The maximum Gasteiger partial charge on any atom is 0.0651 e. The highest BCUT2D eigenvalue weighted by atomic mass is 16.5. The monoisotopic (exact) mass is 214 g/mol. The van der Waals surface area contributed by atoms with Crippen LogP contribution in [0.3, 0.4) is 0 Å². The number of rotatable bonds is 8. The van der Waals surface area contributed by atoms with Gasteiger partial charge in [-0.3, -0.25) is 0 Å². The summed E-state index contributed by atoms with van der Waals surface area (Å²) in [6.45, 7) is 9.41. The summed E-state index contributed by atoms with van der Waals surface area (Å²) in [6.07, 6.45) is 6.22. The highest BCUT2D eigenvalue weighted by molar-refractivity contribution is 4.97. The lowest BCUT2D eigenvalue weighted by atomic mass is 9.94. The van der Waals surface area contributed by atoms with Crippen LogP contribution in [0.25, 0.3) is 0 Å². The van der Waals surface area contributed by atoms with Crippen LogP contribution in [0.15, 0.2) is 11.6 Å². The Morgan fingerprint density at radius 3 is 2.53 bits per heavy atom. The van der Waals surface area contributed by atoms with Gasteiger partial charge in [0.15, 0.2) is 0 Å². The van der Waals surface area contributed by atoms with Crippen LogP contribution in [0, 0.1) is 0 Å². The van der Waals surface area contributed by atoms with Gasteiger partial charge >= 0.3 is 0 Å². The van der Waals surface area contributed by atoms with Crippen molar-refractivity contribution in [3.05, 3.63) is 11.6 Å². The van der Waals surface area contributed by atoms with Gasteiger partial charge in [-0.1, -0.05) is 18.6 Å². The normalized spacial score (nSPS) is 16.5. The molecule has 0 fully saturated rings. The van der Waals surface area contributed by atoms with Crippen molar-refractivity contribution in [2.75, 3.05) is 13.2 Å². The molecule has 0 aliphatic rings. The fourth-order valence-corrected chi connectivity index (χ4v) is 1.70. The predicted molar refractivity (Wildman–Crippen MR) is 65.0 cm³/mol. The summed E-state index contributed by atoms with van der Waals surface area (Å²) in [5.41, 5.74) is 1.31. The summed E-state index contributed by atoms with van der Waals surface area (Å²) in [5.74, 6) is 0. The zero-order chi connectivity index (χ0) is 11.7. The molecule has 2 heteroatoms. The molecule has 0 saturated heterocycles. The van der Waals surface area contributed by atoms with Crippen molar-refractivity contribution in [1.82, 2.24) is 0 Å². The lowest BCUT2D eigenvalue weighted by molar-refractivity contribution is -0.0348. The van der Waals surface area contributed by atoms with E-state index in [1.165, 1.54) is 5.57 Å². The second kappa shape index (κ2) is 7.89. The van der Waals surface area contributed by atoms with Gasteiger partial charge in [-0.15, -0.1) is 0 Å². The molecule has 0 aromatic heterocycles. The molecule has 0 heterocycles. The first-order chi connectivity index (χ1) is 7.08. The van der Waals surface area contributed by atoms with Gasteiger partial charge in [-0.25, -0.2) is 0 Å². The van der Waals surface area contributed by atoms with Crippen molar-refractivity contribution < 1.29 is 9.84 Å². The smallest absolute Gasteiger partial charge is 0.0651 e. The van der Waals surface area contributed by atoms with Crippen LogP contribution in [0.4, 0.5) is 0 Å². The summed E-state index contributed by atoms with van der Waals surface area (Å²) in [4.78, 5) is 0. The van der Waals surface area contributed by atoms with E-state index in [-0.39, 0.29) is 12.2 Å². The first-order valence-electron chi connectivity index (χ1n) is 5.98. The standard InChI is InChI=1S/C13H26O2/c1-5-13(4,15-6-2)10-7-8-12(3)9-11-14/h9,14H,5-8,10-11H2,1-4H3/b12-9+. The summed E-state index contributed by atoms with van der Waals surface area (Å²) >= 11 is 0. The molecule has 0 aliphatic heterocycles. The van der Waals surface area contributed by atoms with Crippen molar-refractivity contribution in [2.24, 2.45) is 0 Å². The molecule has 0 saturated carbocycles. The van der Waals surface area contributed by atoms with E-state index >= 15 is 0 Å². The zero-order valence-corrected chi connectivity index (χ0v) is 10.7.